The third-order valence-corrected chi connectivity index (χ3v) is 5.87. The Morgan fingerprint density at radius 1 is 1.00 bits per heavy atom. The lowest BCUT2D eigenvalue weighted by molar-refractivity contribution is -0.115. The predicted molar refractivity (Wildman–Crippen MR) is 95.9 cm³/mol. The molecule has 1 N–H and O–H groups in total. The first-order valence-electron chi connectivity index (χ1n) is 6.74. The second kappa shape index (κ2) is 7.70. The first-order valence-corrected chi connectivity index (χ1v) is 8.57. The average molecular weight is 425 g/mol. The minimum atomic E-state index is -0.434. The van der Waals surface area contributed by atoms with E-state index < -0.39 is 4.83 Å². The molecule has 0 fully saturated rings. The zero-order valence-corrected chi connectivity index (χ0v) is 15.1. The van der Waals surface area contributed by atoms with Crippen LogP contribution in [-0.2, 0) is 4.79 Å². The SMILES string of the molecule is CC(=O)c1cccc(NC(=O)[C@@H](Br)[C@H](Br)c2ccccc2)c1. The number of alkyl halides is 2. The number of ketones is 1. The molecule has 3 nitrogen and oxygen atoms in total. The summed E-state index contributed by atoms with van der Waals surface area (Å²) in [6.45, 7) is 1.50. The Kier molecular flexibility index (Phi) is 5.91. The fourth-order valence-electron chi connectivity index (χ4n) is 1.97. The van der Waals surface area contributed by atoms with E-state index in [0.29, 0.717) is 11.3 Å². The van der Waals surface area contributed by atoms with Crippen LogP contribution in [0.25, 0.3) is 0 Å². The van der Waals surface area contributed by atoms with E-state index in [2.05, 4.69) is 37.2 Å². The quantitative estimate of drug-likeness (QED) is 0.557. The molecule has 0 saturated carbocycles. The van der Waals surface area contributed by atoms with Crippen molar-refractivity contribution in [3.05, 3.63) is 65.7 Å². The highest BCUT2D eigenvalue weighted by Gasteiger charge is 2.25. The summed E-state index contributed by atoms with van der Waals surface area (Å²) in [5, 5.41) is 2.82. The van der Waals surface area contributed by atoms with Gasteiger partial charge in [-0.3, -0.25) is 9.59 Å². The van der Waals surface area contributed by atoms with Gasteiger partial charge in [0.15, 0.2) is 5.78 Å². The Morgan fingerprint density at radius 3 is 2.32 bits per heavy atom. The van der Waals surface area contributed by atoms with Crippen molar-refractivity contribution < 1.29 is 9.59 Å². The molecule has 5 heteroatoms. The molecule has 0 aromatic heterocycles. The molecule has 22 heavy (non-hydrogen) atoms. The number of amides is 1. The monoisotopic (exact) mass is 423 g/mol. The van der Waals surface area contributed by atoms with Gasteiger partial charge in [-0.2, -0.15) is 0 Å². The maximum Gasteiger partial charge on any atom is 0.239 e. The van der Waals surface area contributed by atoms with E-state index in [1.165, 1.54) is 6.92 Å². The highest BCUT2D eigenvalue weighted by molar-refractivity contribution is 9.12. The summed E-state index contributed by atoms with van der Waals surface area (Å²) >= 11 is 6.97. The first kappa shape index (κ1) is 16.9. The number of benzene rings is 2. The third-order valence-electron chi connectivity index (χ3n) is 3.16. The van der Waals surface area contributed by atoms with Gasteiger partial charge in [0, 0.05) is 11.3 Å². The topological polar surface area (TPSA) is 46.2 Å². The molecule has 2 atom stereocenters. The minimum Gasteiger partial charge on any atom is -0.325 e. The Balaban J connectivity index is 2.08. The molecule has 2 aromatic rings. The lowest BCUT2D eigenvalue weighted by Crippen LogP contribution is -2.26. The number of hydrogen-bond acceptors (Lipinski definition) is 2. The molecule has 2 aromatic carbocycles. The zero-order chi connectivity index (χ0) is 16.1. The molecule has 0 aliphatic heterocycles. The smallest absolute Gasteiger partial charge is 0.239 e. The van der Waals surface area contributed by atoms with Crippen molar-refractivity contribution in [1.29, 1.82) is 0 Å². The van der Waals surface area contributed by atoms with Gasteiger partial charge in [0.1, 0.15) is 4.83 Å². The fourth-order valence-corrected chi connectivity index (χ4v) is 2.93. The van der Waals surface area contributed by atoms with Gasteiger partial charge >= 0.3 is 0 Å². The van der Waals surface area contributed by atoms with Crippen LogP contribution in [0.3, 0.4) is 0 Å². The molecule has 1 amide bonds. The molecule has 2 rings (SSSR count). The molecule has 0 radical (unpaired) electrons. The van der Waals surface area contributed by atoms with Crippen molar-refractivity contribution in [2.75, 3.05) is 5.32 Å². The van der Waals surface area contributed by atoms with E-state index in [9.17, 15) is 9.59 Å². The van der Waals surface area contributed by atoms with Gasteiger partial charge in [0.25, 0.3) is 0 Å². The van der Waals surface area contributed by atoms with Crippen molar-refractivity contribution in [3.63, 3.8) is 0 Å². The normalized spacial score (nSPS) is 13.2. The average Bonchev–Trinajstić information content (AvgIpc) is 2.54. The number of hydrogen-bond donors (Lipinski definition) is 1. The van der Waals surface area contributed by atoms with Crippen LogP contribution in [0.15, 0.2) is 54.6 Å². The second-order valence-corrected chi connectivity index (χ2v) is 6.81. The van der Waals surface area contributed by atoms with Crippen LogP contribution in [0, 0.1) is 0 Å². The van der Waals surface area contributed by atoms with Gasteiger partial charge in [-0.1, -0.05) is 74.3 Å². The van der Waals surface area contributed by atoms with Crippen LogP contribution in [-0.4, -0.2) is 16.5 Å². The molecular formula is C17H15Br2NO2. The standard InChI is InChI=1S/C17H15Br2NO2/c1-11(21)13-8-5-9-14(10-13)20-17(22)16(19)15(18)12-6-3-2-4-7-12/h2-10,15-16H,1H3,(H,20,22)/t15-,16+/m1/s1. The second-order valence-electron chi connectivity index (χ2n) is 4.84. The Labute approximate surface area is 146 Å². The Hall–Kier alpha value is -1.46. The Bertz CT molecular complexity index is 673. The minimum absolute atomic E-state index is 0.0332. The molecule has 0 aliphatic carbocycles. The van der Waals surface area contributed by atoms with Crippen molar-refractivity contribution in [2.24, 2.45) is 0 Å². The van der Waals surface area contributed by atoms with E-state index in [-0.39, 0.29) is 16.5 Å². The van der Waals surface area contributed by atoms with Crippen LogP contribution >= 0.6 is 31.9 Å². The summed E-state index contributed by atoms with van der Waals surface area (Å²) in [6.07, 6.45) is 0. The van der Waals surface area contributed by atoms with Crippen LogP contribution in [0.5, 0.6) is 0 Å². The maximum absolute atomic E-state index is 12.3. The summed E-state index contributed by atoms with van der Waals surface area (Å²) in [6, 6.07) is 16.6. The van der Waals surface area contributed by atoms with Crippen LogP contribution in [0.1, 0.15) is 27.7 Å². The third kappa shape index (κ3) is 4.27. The van der Waals surface area contributed by atoms with Crippen molar-refractivity contribution >= 4 is 49.2 Å². The van der Waals surface area contributed by atoms with Gasteiger partial charge in [-0.05, 0) is 24.6 Å². The van der Waals surface area contributed by atoms with Crippen molar-refractivity contribution in [3.8, 4) is 0 Å². The number of anilines is 1. The molecule has 0 heterocycles. The molecular weight excluding hydrogens is 410 g/mol. The maximum atomic E-state index is 12.3. The van der Waals surface area contributed by atoms with E-state index in [0.717, 1.165) is 5.56 Å². The van der Waals surface area contributed by atoms with Crippen LogP contribution in [0.2, 0.25) is 0 Å². The van der Waals surface area contributed by atoms with E-state index in [4.69, 9.17) is 0 Å². The van der Waals surface area contributed by atoms with Crippen molar-refractivity contribution in [1.82, 2.24) is 0 Å². The highest BCUT2D eigenvalue weighted by atomic mass is 79.9. The molecule has 0 unspecified atom stereocenters. The number of halogens is 2. The predicted octanol–water partition coefficient (Wildman–Crippen LogP) is 4.73. The Morgan fingerprint density at radius 2 is 1.68 bits per heavy atom. The summed E-state index contributed by atoms with van der Waals surface area (Å²) in [5.74, 6) is -0.208. The number of carbonyl (C=O) groups is 2. The van der Waals surface area contributed by atoms with Crippen LogP contribution in [0.4, 0.5) is 5.69 Å². The van der Waals surface area contributed by atoms with E-state index >= 15 is 0 Å². The van der Waals surface area contributed by atoms with Gasteiger partial charge in [-0.25, -0.2) is 0 Å². The van der Waals surface area contributed by atoms with Crippen molar-refractivity contribution in [2.45, 2.75) is 16.6 Å². The number of nitrogens with one attached hydrogen (secondary N) is 1. The zero-order valence-electron chi connectivity index (χ0n) is 11.9. The van der Waals surface area contributed by atoms with Gasteiger partial charge < -0.3 is 5.32 Å². The molecule has 0 aliphatic rings. The fraction of sp³-hybridized carbons (Fsp3) is 0.176. The van der Waals surface area contributed by atoms with Crippen LogP contribution < -0.4 is 5.32 Å². The highest BCUT2D eigenvalue weighted by Crippen LogP contribution is 2.31. The summed E-state index contributed by atoms with van der Waals surface area (Å²) in [4.78, 5) is 23.1. The largest absolute Gasteiger partial charge is 0.325 e. The lowest BCUT2D eigenvalue weighted by atomic mass is 10.1. The molecule has 0 saturated heterocycles. The number of Topliss-reactive ketones (excluding diaryl/α,β-unsaturated/α-hetero) is 1. The van der Waals surface area contributed by atoms with E-state index in [1.807, 2.05) is 30.3 Å². The molecule has 0 spiro atoms. The first-order chi connectivity index (χ1) is 10.5. The lowest BCUT2D eigenvalue weighted by Gasteiger charge is -2.17. The van der Waals surface area contributed by atoms with Gasteiger partial charge in [0.2, 0.25) is 5.91 Å². The van der Waals surface area contributed by atoms with Gasteiger partial charge in [0.05, 0.1) is 4.83 Å². The van der Waals surface area contributed by atoms with Gasteiger partial charge in [-0.15, -0.1) is 0 Å². The number of rotatable bonds is 5. The van der Waals surface area contributed by atoms with E-state index in [1.54, 1.807) is 24.3 Å². The summed E-state index contributed by atoms with van der Waals surface area (Å²) < 4.78 is 0. The number of carbonyl (C=O) groups excluding carboxylic acids is 2. The summed E-state index contributed by atoms with van der Waals surface area (Å²) in [7, 11) is 0. The molecule has 0 bridgehead atoms. The summed E-state index contributed by atoms with van der Waals surface area (Å²) in [5.41, 5.74) is 2.19. The molecule has 114 valence electrons.